The van der Waals surface area contributed by atoms with Crippen LogP contribution < -0.4 is 11.5 Å². The molecule has 1 aliphatic rings. The summed E-state index contributed by atoms with van der Waals surface area (Å²) in [6.45, 7) is 4.02. The second-order valence-corrected chi connectivity index (χ2v) is 5.90. The molecule has 0 aliphatic carbocycles. The zero-order valence-electron chi connectivity index (χ0n) is 11.4. The molecule has 4 N–H and O–H groups in total. The van der Waals surface area contributed by atoms with E-state index in [1.54, 1.807) is 0 Å². The molecule has 0 spiro atoms. The summed E-state index contributed by atoms with van der Waals surface area (Å²) < 4.78 is 1.81. The first-order valence-corrected chi connectivity index (χ1v) is 7.18. The molecule has 0 unspecified atom stereocenters. The van der Waals surface area contributed by atoms with Crippen molar-refractivity contribution in [2.45, 2.75) is 36.7 Å². The third kappa shape index (κ3) is 2.24. The minimum atomic E-state index is 0.580. The van der Waals surface area contributed by atoms with Gasteiger partial charge in [0.25, 0.3) is 0 Å². The molecule has 2 aromatic rings. The highest BCUT2D eigenvalue weighted by molar-refractivity contribution is 7.99. The van der Waals surface area contributed by atoms with Gasteiger partial charge in [-0.25, -0.2) is 0 Å². The summed E-state index contributed by atoms with van der Waals surface area (Å²) >= 11 is 1.51. The van der Waals surface area contributed by atoms with E-state index in [2.05, 4.69) is 15.3 Å². The van der Waals surface area contributed by atoms with Crippen molar-refractivity contribution in [2.75, 3.05) is 11.5 Å². The van der Waals surface area contributed by atoms with Gasteiger partial charge in [0.05, 0.1) is 11.4 Å². The highest BCUT2D eigenvalue weighted by Crippen LogP contribution is 2.33. The largest absolute Gasteiger partial charge is 0.397 e. The summed E-state index contributed by atoms with van der Waals surface area (Å²) in [6, 6.07) is 3.75. The Labute approximate surface area is 121 Å². The quantitative estimate of drug-likeness (QED) is 0.825. The summed E-state index contributed by atoms with van der Waals surface area (Å²) in [4.78, 5) is 1.02. The van der Waals surface area contributed by atoms with Gasteiger partial charge in [-0.3, -0.25) is 0 Å². The van der Waals surface area contributed by atoms with Crippen molar-refractivity contribution < 1.29 is 0 Å². The number of benzene rings is 1. The van der Waals surface area contributed by atoms with E-state index in [4.69, 9.17) is 11.5 Å². The Bertz CT molecular complexity index is 703. The van der Waals surface area contributed by atoms with Crippen molar-refractivity contribution in [1.82, 2.24) is 14.9 Å². The van der Waals surface area contributed by atoms with E-state index in [1.807, 2.05) is 30.7 Å². The van der Waals surface area contributed by atoms with Crippen molar-refractivity contribution in [3.05, 3.63) is 23.5 Å². The van der Waals surface area contributed by atoms with Crippen LogP contribution in [0.5, 0.6) is 0 Å². The Kier molecular flexibility index (Phi) is 3.13. The lowest BCUT2D eigenvalue weighted by molar-refractivity contribution is 0.679. The Morgan fingerprint density at radius 2 is 1.85 bits per heavy atom. The number of hydrogen-bond donors (Lipinski definition) is 2. The lowest BCUT2D eigenvalue weighted by Gasteiger charge is -2.12. The van der Waals surface area contributed by atoms with Gasteiger partial charge < -0.3 is 11.5 Å². The van der Waals surface area contributed by atoms with Gasteiger partial charge in [-0.15, -0.1) is 10.2 Å². The molecule has 104 valence electrons. The summed E-state index contributed by atoms with van der Waals surface area (Å²) in [6.07, 6.45) is 1.82. The van der Waals surface area contributed by atoms with Crippen LogP contribution in [0, 0.1) is 6.92 Å². The zero-order chi connectivity index (χ0) is 14.3. The predicted octanol–water partition coefficient (Wildman–Crippen LogP) is 2.07. The number of rotatable bonds is 2. The molecule has 0 bridgehead atoms. The smallest absolute Gasteiger partial charge is 0.216 e. The summed E-state index contributed by atoms with van der Waals surface area (Å²) in [7, 11) is 0. The average molecular weight is 288 g/mol. The van der Waals surface area contributed by atoms with E-state index in [9.17, 15) is 0 Å². The van der Waals surface area contributed by atoms with Crippen LogP contribution >= 0.6 is 11.8 Å². The van der Waals surface area contributed by atoms with Crippen LogP contribution in [0.25, 0.3) is 0 Å². The number of aryl methyl sites for hydroxylation is 2. The van der Waals surface area contributed by atoms with Crippen LogP contribution in [0.3, 0.4) is 0 Å². The summed E-state index contributed by atoms with van der Waals surface area (Å²) in [5.74, 6) is 0.902. The fourth-order valence-electron chi connectivity index (χ4n) is 2.06. The maximum atomic E-state index is 5.87. The predicted molar refractivity (Wildman–Crippen MR) is 81.0 cm³/mol. The topological polar surface area (TPSA) is 95.1 Å². The molecule has 7 heteroatoms. The second-order valence-electron chi connectivity index (χ2n) is 4.89. The first kappa shape index (κ1) is 13.0. The fourth-order valence-corrected chi connectivity index (χ4v) is 2.98. The number of nitrogens with two attached hydrogens (primary N) is 2. The van der Waals surface area contributed by atoms with Gasteiger partial charge >= 0.3 is 0 Å². The van der Waals surface area contributed by atoms with Gasteiger partial charge in [-0.05, 0) is 49.7 Å². The first-order valence-electron chi connectivity index (χ1n) is 6.37. The van der Waals surface area contributed by atoms with E-state index in [1.165, 1.54) is 11.8 Å². The Balaban J connectivity index is 1.98. The molecule has 6 nitrogen and oxygen atoms in total. The summed E-state index contributed by atoms with van der Waals surface area (Å²) in [5.41, 5.74) is 15.0. The monoisotopic (exact) mass is 288 g/mol. The van der Waals surface area contributed by atoms with E-state index in [0.29, 0.717) is 11.4 Å². The molecule has 0 radical (unpaired) electrons. The first-order chi connectivity index (χ1) is 9.54. The molecule has 20 heavy (non-hydrogen) atoms. The van der Waals surface area contributed by atoms with E-state index in [-0.39, 0.29) is 0 Å². The number of aromatic nitrogens is 3. The van der Waals surface area contributed by atoms with E-state index >= 15 is 0 Å². The van der Waals surface area contributed by atoms with Gasteiger partial charge in [0.15, 0.2) is 5.82 Å². The van der Waals surface area contributed by atoms with Gasteiger partial charge in [0, 0.05) is 17.0 Å². The SMILES string of the molecule is CC1=Nn2c(nnc2Sc2cc(N)c(N)cc2C)CC1. The Hall–Kier alpha value is -2.02. The minimum Gasteiger partial charge on any atom is -0.397 e. The molecule has 1 aromatic carbocycles. The van der Waals surface area contributed by atoms with Crippen molar-refractivity contribution in [2.24, 2.45) is 5.10 Å². The Morgan fingerprint density at radius 1 is 1.10 bits per heavy atom. The fraction of sp³-hybridized carbons (Fsp3) is 0.308. The number of fused-ring (bicyclic) bond motifs is 1. The number of nitrogens with zero attached hydrogens (tertiary/aromatic N) is 4. The maximum absolute atomic E-state index is 5.87. The van der Waals surface area contributed by atoms with Crippen LogP contribution in [-0.4, -0.2) is 20.6 Å². The third-order valence-electron chi connectivity index (χ3n) is 3.24. The van der Waals surface area contributed by atoms with Crippen LogP contribution in [0.4, 0.5) is 11.4 Å². The molecular weight excluding hydrogens is 272 g/mol. The maximum Gasteiger partial charge on any atom is 0.216 e. The number of nitrogen functional groups attached to an aromatic ring is 2. The molecule has 1 aromatic heterocycles. The van der Waals surface area contributed by atoms with Crippen molar-refractivity contribution in [1.29, 1.82) is 0 Å². The van der Waals surface area contributed by atoms with Crippen molar-refractivity contribution >= 4 is 28.8 Å². The number of hydrogen-bond acceptors (Lipinski definition) is 6. The zero-order valence-corrected chi connectivity index (χ0v) is 12.2. The molecule has 0 fully saturated rings. The highest BCUT2D eigenvalue weighted by atomic mass is 32.2. The molecule has 0 atom stereocenters. The van der Waals surface area contributed by atoms with Crippen LogP contribution in [0.1, 0.15) is 24.7 Å². The molecular formula is C13H16N6S. The summed E-state index contributed by atoms with van der Waals surface area (Å²) in [5, 5.41) is 13.7. The van der Waals surface area contributed by atoms with Crippen molar-refractivity contribution in [3.8, 4) is 0 Å². The Morgan fingerprint density at radius 3 is 2.65 bits per heavy atom. The van der Waals surface area contributed by atoms with Crippen LogP contribution in [-0.2, 0) is 6.42 Å². The van der Waals surface area contributed by atoms with E-state index < -0.39 is 0 Å². The molecule has 1 aliphatic heterocycles. The minimum absolute atomic E-state index is 0.580. The molecule has 3 rings (SSSR count). The number of anilines is 2. The van der Waals surface area contributed by atoms with E-state index in [0.717, 1.165) is 40.0 Å². The van der Waals surface area contributed by atoms with Gasteiger partial charge in [-0.1, -0.05) is 0 Å². The van der Waals surface area contributed by atoms with Gasteiger partial charge in [0.1, 0.15) is 0 Å². The molecule has 0 saturated heterocycles. The van der Waals surface area contributed by atoms with Gasteiger partial charge in [-0.2, -0.15) is 9.78 Å². The van der Waals surface area contributed by atoms with Crippen LogP contribution in [0.2, 0.25) is 0 Å². The lowest BCUT2D eigenvalue weighted by atomic mass is 10.2. The standard InChI is InChI=1S/C13H16N6S/c1-7-5-9(14)10(15)6-11(7)20-13-17-16-12-4-3-8(2)18-19(12)13/h5-6H,3-4,14-15H2,1-2H3. The average Bonchev–Trinajstić information content (AvgIpc) is 2.78. The normalized spacial score (nSPS) is 14.0. The molecule has 0 saturated carbocycles. The van der Waals surface area contributed by atoms with Gasteiger partial charge in [0.2, 0.25) is 5.16 Å². The van der Waals surface area contributed by atoms with Crippen molar-refractivity contribution in [3.63, 3.8) is 0 Å². The highest BCUT2D eigenvalue weighted by Gasteiger charge is 2.18. The molecule has 0 amide bonds. The third-order valence-corrected chi connectivity index (χ3v) is 4.34. The van der Waals surface area contributed by atoms with Crippen LogP contribution in [0.15, 0.2) is 27.3 Å². The lowest BCUT2D eigenvalue weighted by Crippen LogP contribution is -2.11. The second kappa shape index (κ2) is 4.82. The molecule has 2 heterocycles.